The van der Waals surface area contributed by atoms with Crippen LogP contribution in [-0.4, -0.2) is 78.1 Å². The van der Waals surface area contributed by atoms with E-state index in [1.165, 1.54) is 0 Å². The molecule has 0 unspecified atom stereocenters. The Morgan fingerprint density at radius 1 is 0.684 bits per heavy atom. The van der Waals surface area contributed by atoms with Crippen LogP contribution in [0.4, 0.5) is 14.4 Å². The lowest BCUT2D eigenvalue weighted by Crippen LogP contribution is -2.35. The van der Waals surface area contributed by atoms with Gasteiger partial charge in [-0.15, -0.1) is 0 Å². The Bertz CT molecular complexity index is 259. The largest absolute Gasteiger partial charge is 0.505 e. The lowest BCUT2D eigenvalue weighted by molar-refractivity contribution is 0.0531. The summed E-state index contributed by atoms with van der Waals surface area (Å²) < 4.78 is 12.9. The molecule has 10 nitrogen and oxygen atoms in total. The summed E-state index contributed by atoms with van der Waals surface area (Å²) in [6.07, 6.45) is -4.28. The summed E-state index contributed by atoms with van der Waals surface area (Å²) in [5.74, 6) is 0. The molecule has 0 aliphatic rings. The molecule has 0 fully saturated rings. The van der Waals surface area contributed by atoms with Gasteiger partial charge in [-0.2, -0.15) is 0 Å². The average Bonchev–Trinajstić information content (AvgIpc) is 2.26. The van der Waals surface area contributed by atoms with Crippen molar-refractivity contribution in [2.24, 2.45) is 0 Å². The Morgan fingerprint density at radius 3 is 1.16 bits per heavy atom. The van der Waals surface area contributed by atoms with Gasteiger partial charge in [-0.3, -0.25) is 4.90 Å². The van der Waals surface area contributed by atoms with Crippen molar-refractivity contribution < 1.29 is 43.9 Å². The highest BCUT2D eigenvalue weighted by atomic mass is 16.7. The lowest BCUT2D eigenvalue weighted by atomic mass is 10.4. The Balaban J connectivity index is 3.94. The molecule has 0 saturated carbocycles. The van der Waals surface area contributed by atoms with E-state index < -0.39 is 18.5 Å². The molecule has 10 heteroatoms. The van der Waals surface area contributed by atoms with Crippen molar-refractivity contribution in [1.82, 2.24) is 4.90 Å². The van der Waals surface area contributed by atoms with Crippen molar-refractivity contribution in [3.8, 4) is 0 Å². The fourth-order valence-corrected chi connectivity index (χ4v) is 1.12. The first-order valence-electron chi connectivity index (χ1n) is 5.21. The van der Waals surface area contributed by atoms with Crippen molar-refractivity contribution in [1.29, 1.82) is 0 Å². The molecule has 0 aromatic carbocycles. The predicted octanol–water partition coefficient (Wildman–Crippen LogP) is 0.372. The fraction of sp³-hybridized carbons (Fsp3) is 0.667. The smallest absolute Gasteiger partial charge is 0.450 e. The third kappa shape index (κ3) is 12.0. The topological polar surface area (TPSA) is 143 Å². The molecule has 0 rings (SSSR count). The maximum absolute atomic E-state index is 10.1. The number of ether oxygens (including phenoxy) is 3. The van der Waals surface area contributed by atoms with Crippen LogP contribution < -0.4 is 0 Å². The standard InChI is InChI=1S/C9H15NO9/c11-7(12)17-4-1-10(2-5-18-8(13)14)3-6-19-9(15)16/h1-6H2,(H,11,12)(H,13,14)(H,15,16). The van der Waals surface area contributed by atoms with Crippen LogP contribution in [0.2, 0.25) is 0 Å². The van der Waals surface area contributed by atoms with Gasteiger partial charge in [-0.25, -0.2) is 14.4 Å². The van der Waals surface area contributed by atoms with E-state index in [9.17, 15) is 14.4 Å². The number of hydrogen-bond acceptors (Lipinski definition) is 7. The number of carboxylic acid groups (broad SMARTS) is 3. The zero-order chi connectivity index (χ0) is 14.7. The van der Waals surface area contributed by atoms with Gasteiger partial charge in [0.1, 0.15) is 19.8 Å². The van der Waals surface area contributed by atoms with Gasteiger partial charge in [-0.05, 0) is 0 Å². The molecule has 0 aromatic rings. The first-order chi connectivity index (χ1) is 8.91. The van der Waals surface area contributed by atoms with E-state index in [0.29, 0.717) is 0 Å². The first kappa shape index (κ1) is 16.8. The van der Waals surface area contributed by atoms with Crippen molar-refractivity contribution in [2.75, 3.05) is 39.5 Å². The lowest BCUT2D eigenvalue weighted by Gasteiger charge is -2.20. The summed E-state index contributed by atoms with van der Waals surface area (Å²) in [5.41, 5.74) is 0. The third-order valence-electron chi connectivity index (χ3n) is 1.90. The fourth-order valence-electron chi connectivity index (χ4n) is 1.12. The highest BCUT2D eigenvalue weighted by Gasteiger charge is 2.09. The zero-order valence-corrected chi connectivity index (χ0v) is 9.98. The molecule has 3 N–H and O–H groups in total. The molecule has 0 aliphatic heterocycles. The van der Waals surface area contributed by atoms with Gasteiger partial charge in [0.25, 0.3) is 0 Å². The molecule has 0 spiro atoms. The van der Waals surface area contributed by atoms with Gasteiger partial charge in [0.15, 0.2) is 0 Å². The number of rotatable bonds is 9. The summed E-state index contributed by atoms with van der Waals surface area (Å²) in [6.45, 7) is 0.106. The second kappa shape index (κ2) is 9.76. The first-order valence-corrected chi connectivity index (χ1v) is 5.21. The Hall–Kier alpha value is -2.23. The molecule has 0 heterocycles. The molecule has 0 atom stereocenters. The van der Waals surface area contributed by atoms with Crippen LogP contribution in [0.1, 0.15) is 0 Å². The Morgan fingerprint density at radius 2 is 0.947 bits per heavy atom. The summed E-state index contributed by atoms with van der Waals surface area (Å²) in [5, 5.41) is 24.8. The van der Waals surface area contributed by atoms with Crippen LogP contribution in [-0.2, 0) is 14.2 Å². The van der Waals surface area contributed by atoms with E-state index >= 15 is 0 Å². The van der Waals surface area contributed by atoms with Crippen LogP contribution in [0.25, 0.3) is 0 Å². The highest BCUT2D eigenvalue weighted by molar-refractivity contribution is 5.57. The van der Waals surface area contributed by atoms with Crippen LogP contribution in [0.5, 0.6) is 0 Å². The maximum atomic E-state index is 10.1. The molecule has 19 heavy (non-hydrogen) atoms. The van der Waals surface area contributed by atoms with E-state index in [1.807, 2.05) is 0 Å². The molecule has 0 aromatic heterocycles. The third-order valence-corrected chi connectivity index (χ3v) is 1.90. The van der Waals surface area contributed by atoms with E-state index in [-0.39, 0.29) is 39.5 Å². The molecule has 110 valence electrons. The molecule has 0 radical (unpaired) electrons. The highest BCUT2D eigenvalue weighted by Crippen LogP contribution is 1.92. The average molecular weight is 281 g/mol. The Labute approximate surface area is 108 Å². The zero-order valence-electron chi connectivity index (χ0n) is 9.98. The van der Waals surface area contributed by atoms with Crippen LogP contribution in [0, 0.1) is 0 Å². The monoisotopic (exact) mass is 281 g/mol. The molecule has 0 saturated heterocycles. The van der Waals surface area contributed by atoms with Crippen molar-refractivity contribution in [3.63, 3.8) is 0 Å². The number of carbonyl (C=O) groups is 3. The summed E-state index contributed by atoms with van der Waals surface area (Å²) in [7, 11) is 0. The van der Waals surface area contributed by atoms with Crippen LogP contribution in [0.15, 0.2) is 0 Å². The minimum absolute atomic E-state index is 0.129. The molecule has 0 aliphatic carbocycles. The van der Waals surface area contributed by atoms with Crippen LogP contribution >= 0.6 is 0 Å². The molecule has 0 bridgehead atoms. The van der Waals surface area contributed by atoms with Gasteiger partial charge in [-0.1, -0.05) is 0 Å². The van der Waals surface area contributed by atoms with Gasteiger partial charge in [0, 0.05) is 19.6 Å². The van der Waals surface area contributed by atoms with Crippen LogP contribution in [0.3, 0.4) is 0 Å². The minimum Gasteiger partial charge on any atom is -0.450 e. The second-order valence-electron chi connectivity index (χ2n) is 3.18. The van der Waals surface area contributed by atoms with Gasteiger partial charge >= 0.3 is 18.5 Å². The van der Waals surface area contributed by atoms with Gasteiger partial charge < -0.3 is 29.5 Å². The number of nitrogens with zero attached hydrogens (tertiary/aromatic N) is 1. The van der Waals surface area contributed by atoms with E-state index in [1.54, 1.807) is 4.90 Å². The van der Waals surface area contributed by atoms with Gasteiger partial charge in [0.05, 0.1) is 0 Å². The SMILES string of the molecule is O=C(O)OCCN(CCOC(=O)O)CCOC(=O)O. The predicted molar refractivity (Wildman–Crippen MR) is 58.4 cm³/mol. The number of hydrogen-bond donors (Lipinski definition) is 3. The maximum Gasteiger partial charge on any atom is 0.505 e. The van der Waals surface area contributed by atoms with E-state index in [4.69, 9.17) is 15.3 Å². The van der Waals surface area contributed by atoms with Crippen molar-refractivity contribution in [3.05, 3.63) is 0 Å². The normalized spacial score (nSPS) is 9.95. The minimum atomic E-state index is -1.43. The summed E-state index contributed by atoms with van der Waals surface area (Å²) in [6, 6.07) is 0. The summed E-state index contributed by atoms with van der Waals surface area (Å²) >= 11 is 0. The van der Waals surface area contributed by atoms with Gasteiger partial charge in [0.2, 0.25) is 0 Å². The second-order valence-corrected chi connectivity index (χ2v) is 3.18. The molecule has 0 amide bonds. The summed E-state index contributed by atoms with van der Waals surface area (Å²) in [4.78, 5) is 32.0. The van der Waals surface area contributed by atoms with E-state index in [0.717, 1.165) is 0 Å². The van der Waals surface area contributed by atoms with Crippen molar-refractivity contribution in [2.45, 2.75) is 0 Å². The molecular formula is C9H15NO9. The van der Waals surface area contributed by atoms with E-state index in [2.05, 4.69) is 14.2 Å². The molecular weight excluding hydrogens is 266 g/mol. The van der Waals surface area contributed by atoms with Crippen molar-refractivity contribution >= 4 is 18.5 Å². The quantitative estimate of drug-likeness (QED) is 0.400. The Kier molecular flexibility index (Phi) is 8.62.